The molecule has 1 aromatic heterocycles. The highest BCUT2D eigenvalue weighted by Crippen LogP contribution is 2.30. The third-order valence-corrected chi connectivity index (χ3v) is 7.97. The second-order valence-corrected chi connectivity index (χ2v) is 19.7. The van der Waals surface area contributed by atoms with Gasteiger partial charge in [-0.05, 0) is 78.1 Å². The van der Waals surface area contributed by atoms with Crippen LogP contribution < -0.4 is 10.6 Å². The van der Waals surface area contributed by atoms with Crippen LogP contribution in [-0.2, 0) is 36.9 Å². The van der Waals surface area contributed by atoms with Crippen molar-refractivity contribution < 1.29 is 33.3 Å². The lowest BCUT2D eigenvalue weighted by atomic mass is 9.99. The van der Waals surface area contributed by atoms with Crippen molar-refractivity contribution in [3.8, 4) is 11.3 Å². The molecule has 0 aliphatic heterocycles. The van der Waals surface area contributed by atoms with Crippen molar-refractivity contribution in [2.24, 2.45) is 0 Å². The van der Waals surface area contributed by atoms with E-state index in [1.54, 1.807) is 39.0 Å². The largest absolute Gasteiger partial charge is 0.460 e. The van der Waals surface area contributed by atoms with Gasteiger partial charge in [-0.25, -0.2) is 14.6 Å². The maximum atomic E-state index is 12.8. The van der Waals surface area contributed by atoms with Gasteiger partial charge in [-0.2, -0.15) is 0 Å². The van der Waals surface area contributed by atoms with E-state index in [2.05, 4.69) is 36.9 Å². The standard InChI is InChI=1S/C33H52N4O7Si/c1-12-13-26(36-31(40)44-33(5,6)7)29-35-27(21-37(29)22-42-18-19-45(9,10)11)25-16-15-24(34-30(39)41-8)20-23(25)14-17-28(38)43-32(2,3)4/h12,15-16,20-21,26H,1,13-14,17-19,22H2,2-11H3,(H,34,39)(H,36,40)/t26-/m0/s1. The number of amides is 2. The molecule has 2 rings (SSSR count). The normalized spacial score (nSPS) is 12.7. The maximum absolute atomic E-state index is 12.8. The first kappa shape index (κ1) is 37.5. The molecular weight excluding hydrogens is 592 g/mol. The predicted octanol–water partition coefficient (Wildman–Crippen LogP) is 7.46. The molecule has 1 heterocycles. The lowest BCUT2D eigenvalue weighted by Gasteiger charge is -2.23. The smallest absolute Gasteiger partial charge is 0.411 e. The summed E-state index contributed by atoms with van der Waals surface area (Å²) in [6, 6.07) is 5.82. The number of rotatable bonds is 14. The van der Waals surface area contributed by atoms with Crippen molar-refractivity contribution in [1.29, 1.82) is 0 Å². The number of aryl methyl sites for hydroxylation is 1. The minimum Gasteiger partial charge on any atom is -0.460 e. The average molecular weight is 645 g/mol. The van der Waals surface area contributed by atoms with Crippen LogP contribution in [0.2, 0.25) is 25.7 Å². The van der Waals surface area contributed by atoms with Gasteiger partial charge in [0.1, 0.15) is 23.8 Å². The fraction of sp³-hybridized carbons (Fsp3) is 0.576. The number of nitrogens with zero attached hydrogens (tertiary/aromatic N) is 2. The topological polar surface area (TPSA) is 130 Å². The molecule has 45 heavy (non-hydrogen) atoms. The van der Waals surface area contributed by atoms with E-state index in [-0.39, 0.29) is 19.1 Å². The number of anilines is 1. The molecule has 2 N–H and O–H groups in total. The van der Waals surface area contributed by atoms with E-state index in [9.17, 15) is 14.4 Å². The van der Waals surface area contributed by atoms with Crippen LogP contribution in [0.3, 0.4) is 0 Å². The molecule has 0 unspecified atom stereocenters. The van der Waals surface area contributed by atoms with Gasteiger partial charge in [-0.3, -0.25) is 10.1 Å². The van der Waals surface area contributed by atoms with Crippen LogP contribution in [0.1, 0.15) is 71.8 Å². The summed E-state index contributed by atoms with van der Waals surface area (Å²) in [6.45, 7) is 22.5. The Kier molecular flexibility index (Phi) is 13.4. The lowest BCUT2D eigenvalue weighted by Crippen LogP contribution is -2.36. The second kappa shape index (κ2) is 16.1. The van der Waals surface area contributed by atoms with E-state index in [4.69, 9.17) is 23.9 Å². The number of nitrogens with one attached hydrogen (secondary N) is 2. The molecule has 0 aliphatic rings. The van der Waals surface area contributed by atoms with Gasteiger partial charge in [0, 0.05) is 38.5 Å². The summed E-state index contributed by atoms with van der Waals surface area (Å²) in [4.78, 5) is 42.3. The highest BCUT2D eigenvalue weighted by Gasteiger charge is 2.25. The zero-order chi connectivity index (χ0) is 34.0. The van der Waals surface area contributed by atoms with Gasteiger partial charge < -0.3 is 28.8 Å². The fourth-order valence-electron chi connectivity index (χ4n) is 4.25. The van der Waals surface area contributed by atoms with Crippen LogP contribution in [0.4, 0.5) is 15.3 Å². The van der Waals surface area contributed by atoms with Gasteiger partial charge in [0.2, 0.25) is 0 Å². The van der Waals surface area contributed by atoms with Crippen LogP contribution in [0, 0.1) is 0 Å². The molecule has 11 nitrogen and oxygen atoms in total. The number of hydrogen-bond donors (Lipinski definition) is 2. The van der Waals surface area contributed by atoms with Crippen molar-refractivity contribution in [3.63, 3.8) is 0 Å². The van der Waals surface area contributed by atoms with Crippen molar-refractivity contribution in [1.82, 2.24) is 14.9 Å². The molecule has 0 saturated heterocycles. The van der Waals surface area contributed by atoms with E-state index < -0.39 is 37.5 Å². The molecule has 1 aromatic carbocycles. The predicted molar refractivity (Wildman–Crippen MR) is 179 cm³/mol. The monoisotopic (exact) mass is 644 g/mol. The molecule has 2 aromatic rings. The third kappa shape index (κ3) is 13.9. The highest BCUT2D eigenvalue weighted by atomic mass is 28.3. The van der Waals surface area contributed by atoms with Crippen LogP contribution in [0.5, 0.6) is 0 Å². The minimum atomic E-state index is -1.31. The number of hydrogen-bond acceptors (Lipinski definition) is 8. The molecule has 0 bridgehead atoms. The Morgan fingerprint density at radius 2 is 1.71 bits per heavy atom. The number of ether oxygens (including phenoxy) is 4. The minimum absolute atomic E-state index is 0.124. The van der Waals surface area contributed by atoms with Crippen LogP contribution in [-0.4, -0.2) is 60.7 Å². The Balaban J connectivity index is 2.55. The number of alkyl carbamates (subject to hydrolysis) is 1. The lowest BCUT2D eigenvalue weighted by molar-refractivity contribution is -0.154. The number of aromatic nitrogens is 2. The number of carbonyl (C=O) groups excluding carboxylic acids is 3. The Labute approximate surface area is 269 Å². The zero-order valence-electron chi connectivity index (χ0n) is 28.7. The maximum Gasteiger partial charge on any atom is 0.411 e. The third-order valence-electron chi connectivity index (χ3n) is 6.27. The average Bonchev–Trinajstić information content (AvgIpc) is 3.31. The molecular formula is C33H52N4O7Si. The number of carbonyl (C=O) groups is 3. The van der Waals surface area contributed by atoms with Crippen molar-refractivity contribution in [3.05, 3.63) is 48.4 Å². The van der Waals surface area contributed by atoms with Crippen molar-refractivity contribution in [2.75, 3.05) is 19.0 Å². The molecule has 12 heteroatoms. The van der Waals surface area contributed by atoms with E-state index in [0.717, 1.165) is 17.2 Å². The fourth-order valence-corrected chi connectivity index (χ4v) is 5.01. The molecule has 1 atom stereocenters. The molecule has 0 aliphatic carbocycles. The summed E-state index contributed by atoms with van der Waals surface area (Å²) in [7, 11) is -0.0204. The van der Waals surface area contributed by atoms with E-state index in [0.29, 0.717) is 36.7 Å². The van der Waals surface area contributed by atoms with Gasteiger partial charge >= 0.3 is 18.2 Å². The number of esters is 1. The van der Waals surface area contributed by atoms with Gasteiger partial charge in [0.25, 0.3) is 0 Å². The SMILES string of the molecule is C=CC[C@H](NC(=O)OC(C)(C)C)c1nc(-c2ccc(NC(=O)OC)cc2CCC(=O)OC(C)(C)C)cn1COCC[Si](C)(C)C. The summed E-state index contributed by atoms with van der Waals surface area (Å²) < 4.78 is 23.8. The Hall–Kier alpha value is -3.64. The molecule has 0 saturated carbocycles. The van der Waals surface area contributed by atoms with Crippen LogP contribution >= 0.6 is 0 Å². The van der Waals surface area contributed by atoms with E-state index >= 15 is 0 Å². The van der Waals surface area contributed by atoms with Crippen LogP contribution in [0.25, 0.3) is 11.3 Å². The van der Waals surface area contributed by atoms with Crippen molar-refractivity contribution >= 4 is 31.9 Å². The first-order chi connectivity index (χ1) is 20.8. The number of benzene rings is 1. The summed E-state index contributed by atoms with van der Waals surface area (Å²) in [6.07, 6.45) is 3.27. The van der Waals surface area contributed by atoms with E-state index in [1.807, 2.05) is 37.6 Å². The summed E-state index contributed by atoms with van der Waals surface area (Å²) >= 11 is 0. The molecule has 0 radical (unpaired) electrons. The Bertz CT molecular complexity index is 1320. The van der Waals surface area contributed by atoms with Gasteiger partial charge in [0.15, 0.2) is 0 Å². The summed E-state index contributed by atoms with van der Waals surface area (Å²) in [5, 5.41) is 5.62. The first-order valence-electron chi connectivity index (χ1n) is 15.3. The summed E-state index contributed by atoms with van der Waals surface area (Å²) in [5.74, 6) is 0.230. The van der Waals surface area contributed by atoms with Gasteiger partial charge in [-0.15, -0.1) is 6.58 Å². The van der Waals surface area contributed by atoms with Gasteiger partial charge in [-0.1, -0.05) is 31.8 Å². The summed E-state index contributed by atoms with van der Waals surface area (Å²) in [5.41, 5.74) is 1.36. The van der Waals surface area contributed by atoms with Crippen molar-refractivity contribution in [2.45, 2.75) is 110 Å². The van der Waals surface area contributed by atoms with Gasteiger partial charge in [0.05, 0.1) is 18.8 Å². The quantitative estimate of drug-likeness (QED) is 0.0713. The second-order valence-electron chi connectivity index (χ2n) is 14.1. The zero-order valence-corrected chi connectivity index (χ0v) is 29.7. The first-order valence-corrected chi connectivity index (χ1v) is 19.0. The van der Waals surface area contributed by atoms with E-state index in [1.165, 1.54) is 7.11 Å². The molecule has 0 fully saturated rings. The molecule has 2 amide bonds. The van der Waals surface area contributed by atoms with Crippen LogP contribution in [0.15, 0.2) is 37.1 Å². The highest BCUT2D eigenvalue weighted by molar-refractivity contribution is 6.76. The Morgan fingerprint density at radius 3 is 2.29 bits per heavy atom. The molecule has 250 valence electrons. The Morgan fingerprint density at radius 1 is 1.04 bits per heavy atom. The molecule has 0 spiro atoms. The number of imidazole rings is 1. The number of methoxy groups -OCH3 is 1.